The van der Waals surface area contributed by atoms with Crippen LogP contribution >= 0.6 is 0 Å². The van der Waals surface area contributed by atoms with Gasteiger partial charge >= 0.3 is 6.03 Å². The summed E-state index contributed by atoms with van der Waals surface area (Å²) in [6, 6.07) is 9.26. The smallest absolute Gasteiger partial charge is 0.315 e. The van der Waals surface area contributed by atoms with E-state index in [9.17, 15) is 9.18 Å². The zero-order valence-corrected chi connectivity index (χ0v) is 15.1. The van der Waals surface area contributed by atoms with Crippen molar-refractivity contribution in [3.8, 4) is 17.2 Å². The number of halogens is 1. The molecule has 0 atom stereocenters. The maximum atomic E-state index is 12.9. The number of methoxy groups -OCH3 is 3. The lowest BCUT2D eigenvalue weighted by Gasteiger charge is -2.14. The molecule has 0 aromatic heterocycles. The lowest BCUT2D eigenvalue weighted by Crippen LogP contribution is -2.36. The van der Waals surface area contributed by atoms with Crippen molar-refractivity contribution in [3.05, 3.63) is 53.3 Å². The molecular formula is C19H23FN2O4. The van der Waals surface area contributed by atoms with E-state index < -0.39 is 0 Å². The molecule has 0 heterocycles. The van der Waals surface area contributed by atoms with Crippen molar-refractivity contribution in [1.29, 1.82) is 0 Å². The summed E-state index contributed by atoms with van der Waals surface area (Å²) >= 11 is 0. The summed E-state index contributed by atoms with van der Waals surface area (Å²) in [6.07, 6.45) is 0.563. The minimum atomic E-state index is -0.304. The van der Waals surface area contributed by atoms with Crippen LogP contribution in [0.1, 0.15) is 11.1 Å². The van der Waals surface area contributed by atoms with Crippen molar-refractivity contribution in [1.82, 2.24) is 10.6 Å². The Hall–Kier alpha value is -2.96. The van der Waals surface area contributed by atoms with E-state index in [-0.39, 0.29) is 11.8 Å². The van der Waals surface area contributed by atoms with Gasteiger partial charge in [0.15, 0.2) is 11.5 Å². The van der Waals surface area contributed by atoms with Gasteiger partial charge in [0.25, 0.3) is 0 Å². The molecule has 0 aliphatic rings. The summed E-state index contributed by atoms with van der Waals surface area (Å²) in [5, 5.41) is 5.50. The first-order chi connectivity index (χ1) is 12.6. The quantitative estimate of drug-likeness (QED) is 0.758. The highest BCUT2D eigenvalue weighted by molar-refractivity contribution is 5.73. The van der Waals surface area contributed by atoms with Gasteiger partial charge in [-0.05, 0) is 35.7 Å². The molecule has 26 heavy (non-hydrogen) atoms. The van der Waals surface area contributed by atoms with E-state index in [0.717, 1.165) is 11.1 Å². The standard InChI is InChI=1S/C19H23FN2O4/c1-24-16-11-18(26-3)17(25-2)10-14(16)8-9-21-19(23)22-12-13-4-6-15(20)7-5-13/h4-7,10-11H,8-9,12H2,1-3H3,(H2,21,22,23). The third-order valence-corrected chi connectivity index (χ3v) is 3.83. The molecular weight excluding hydrogens is 339 g/mol. The minimum absolute atomic E-state index is 0.297. The summed E-state index contributed by atoms with van der Waals surface area (Å²) in [7, 11) is 4.70. The molecule has 0 spiro atoms. The fourth-order valence-electron chi connectivity index (χ4n) is 2.45. The number of benzene rings is 2. The Morgan fingerprint density at radius 2 is 1.54 bits per heavy atom. The molecule has 6 nitrogen and oxygen atoms in total. The monoisotopic (exact) mass is 362 g/mol. The van der Waals surface area contributed by atoms with Crippen LogP contribution in [-0.2, 0) is 13.0 Å². The van der Waals surface area contributed by atoms with Crippen LogP contribution in [0, 0.1) is 5.82 Å². The molecule has 140 valence electrons. The predicted octanol–water partition coefficient (Wildman–Crippen LogP) is 2.89. The lowest BCUT2D eigenvalue weighted by molar-refractivity contribution is 0.240. The third kappa shape index (κ3) is 5.27. The molecule has 2 amide bonds. The van der Waals surface area contributed by atoms with Crippen LogP contribution in [0.15, 0.2) is 36.4 Å². The van der Waals surface area contributed by atoms with Gasteiger partial charge in [0.2, 0.25) is 0 Å². The van der Waals surface area contributed by atoms with E-state index in [1.807, 2.05) is 6.07 Å². The van der Waals surface area contributed by atoms with Gasteiger partial charge in [0.1, 0.15) is 11.6 Å². The van der Waals surface area contributed by atoms with Crippen molar-refractivity contribution in [2.75, 3.05) is 27.9 Å². The topological polar surface area (TPSA) is 68.8 Å². The SMILES string of the molecule is COc1cc(OC)c(OC)cc1CCNC(=O)NCc1ccc(F)cc1. The maximum absolute atomic E-state index is 12.9. The van der Waals surface area contributed by atoms with E-state index in [4.69, 9.17) is 14.2 Å². The minimum Gasteiger partial charge on any atom is -0.496 e. The van der Waals surface area contributed by atoms with Crippen LogP contribution in [0.5, 0.6) is 17.2 Å². The molecule has 0 saturated heterocycles. The molecule has 0 radical (unpaired) electrons. The number of hydrogen-bond acceptors (Lipinski definition) is 4. The fraction of sp³-hybridized carbons (Fsp3) is 0.316. The zero-order chi connectivity index (χ0) is 18.9. The van der Waals surface area contributed by atoms with Gasteiger partial charge in [-0.3, -0.25) is 0 Å². The molecule has 0 aliphatic carbocycles. The number of hydrogen-bond donors (Lipinski definition) is 2. The van der Waals surface area contributed by atoms with Crippen molar-refractivity contribution >= 4 is 6.03 Å². The number of carbonyl (C=O) groups is 1. The van der Waals surface area contributed by atoms with Gasteiger partial charge in [-0.15, -0.1) is 0 Å². The van der Waals surface area contributed by atoms with Gasteiger partial charge in [-0.1, -0.05) is 12.1 Å². The van der Waals surface area contributed by atoms with E-state index in [2.05, 4.69) is 10.6 Å². The van der Waals surface area contributed by atoms with Crippen LogP contribution in [0.4, 0.5) is 9.18 Å². The summed E-state index contributed by atoms with van der Waals surface area (Å²) < 4.78 is 28.8. The largest absolute Gasteiger partial charge is 0.496 e. The first kappa shape index (κ1) is 19.4. The average Bonchev–Trinajstić information content (AvgIpc) is 2.67. The van der Waals surface area contributed by atoms with E-state index >= 15 is 0 Å². The Morgan fingerprint density at radius 3 is 2.15 bits per heavy atom. The maximum Gasteiger partial charge on any atom is 0.315 e. The highest BCUT2D eigenvalue weighted by Gasteiger charge is 2.12. The normalized spacial score (nSPS) is 10.2. The number of nitrogens with one attached hydrogen (secondary N) is 2. The zero-order valence-electron chi connectivity index (χ0n) is 15.1. The predicted molar refractivity (Wildman–Crippen MR) is 96.4 cm³/mol. The van der Waals surface area contributed by atoms with E-state index in [1.54, 1.807) is 39.5 Å². The molecule has 2 N–H and O–H groups in total. The third-order valence-electron chi connectivity index (χ3n) is 3.83. The molecule has 2 rings (SSSR count). The molecule has 0 aliphatic heterocycles. The highest BCUT2D eigenvalue weighted by Crippen LogP contribution is 2.34. The van der Waals surface area contributed by atoms with Crippen LogP contribution in [0.2, 0.25) is 0 Å². The summed E-state index contributed by atoms with van der Waals surface area (Å²) in [5.41, 5.74) is 1.71. The summed E-state index contributed by atoms with van der Waals surface area (Å²) in [4.78, 5) is 11.9. The first-order valence-corrected chi connectivity index (χ1v) is 8.12. The highest BCUT2D eigenvalue weighted by atomic mass is 19.1. The summed E-state index contributed by atoms with van der Waals surface area (Å²) in [6.45, 7) is 0.743. The van der Waals surface area contributed by atoms with E-state index in [0.29, 0.717) is 36.8 Å². The molecule has 0 fully saturated rings. The second kappa shape index (κ2) is 9.50. The van der Waals surface area contributed by atoms with Crippen LogP contribution < -0.4 is 24.8 Å². The molecule has 0 saturated carbocycles. The second-order valence-corrected chi connectivity index (χ2v) is 5.50. The Labute approximate surface area is 152 Å². The van der Waals surface area contributed by atoms with Crippen molar-refractivity contribution in [2.45, 2.75) is 13.0 Å². The second-order valence-electron chi connectivity index (χ2n) is 5.50. The van der Waals surface area contributed by atoms with Crippen LogP contribution in [-0.4, -0.2) is 33.9 Å². The summed E-state index contributed by atoms with van der Waals surface area (Å²) in [5.74, 6) is 1.54. The van der Waals surface area contributed by atoms with Crippen molar-refractivity contribution in [3.63, 3.8) is 0 Å². The molecule has 2 aromatic carbocycles. The Bertz CT molecular complexity index is 735. The number of amides is 2. The first-order valence-electron chi connectivity index (χ1n) is 8.12. The van der Waals surface area contributed by atoms with Crippen LogP contribution in [0.25, 0.3) is 0 Å². The lowest BCUT2D eigenvalue weighted by atomic mass is 10.1. The van der Waals surface area contributed by atoms with Gasteiger partial charge < -0.3 is 24.8 Å². The Kier molecular flexibility index (Phi) is 7.08. The Morgan fingerprint density at radius 1 is 0.923 bits per heavy atom. The number of carbonyl (C=O) groups excluding carboxylic acids is 1. The number of urea groups is 1. The molecule has 7 heteroatoms. The van der Waals surface area contributed by atoms with Gasteiger partial charge in [0, 0.05) is 19.2 Å². The van der Waals surface area contributed by atoms with Gasteiger partial charge in [-0.25, -0.2) is 9.18 Å². The number of rotatable bonds is 8. The number of ether oxygens (including phenoxy) is 3. The molecule has 0 unspecified atom stereocenters. The Balaban J connectivity index is 1.86. The molecule has 2 aromatic rings. The van der Waals surface area contributed by atoms with Crippen molar-refractivity contribution in [2.24, 2.45) is 0 Å². The fourth-order valence-corrected chi connectivity index (χ4v) is 2.45. The van der Waals surface area contributed by atoms with Gasteiger partial charge in [0.05, 0.1) is 21.3 Å². The van der Waals surface area contributed by atoms with E-state index in [1.165, 1.54) is 12.1 Å². The van der Waals surface area contributed by atoms with Crippen molar-refractivity contribution < 1.29 is 23.4 Å². The van der Waals surface area contributed by atoms with Crippen LogP contribution in [0.3, 0.4) is 0 Å². The molecule has 0 bridgehead atoms. The average molecular weight is 362 g/mol. The van der Waals surface area contributed by atoms with Gasteiger partial charge in [-0.2, -0.15) is 0 Å².